The van der Waals surface area contributed by atoms with Crippen LogP contribution in [0.4, 0.5) is 0 Å². The van der Waals surface area contributed by atoms with E-state index < -0.39 is 11.7 Å². The third-order valence-corrected chi connectivity index (χ3v) is 3.10. The summed E-state index contributed by atoms with van der Waals surface area (Å²) < 4.78 is 0. The number of Topliss-reactive ketones (excluding diaryl/α,β-unsaturated/α-hetero) is 1. The van der Waals surface area contributed by atoms with Gasteiger partial charge in [-0.05, 0) is 29.5 Å². The van der Waals surface area contributed by atoms with Crippen molar-refractivity contribution < 1.29 is 9.59 Å². The predicted molar refractivity (Wildman–Crippen MR) is 74.4 cm³/mol. The van der Waals surface area contributed by atoms with Crippen molar-refractivity contribution >= 4 is 11.7 Å². The molecule has 0 unspecified atom stereocenters. The van der Waals surface area contributed by atoms with Gasteiger partial charge in [-0.15, -0.1) is 0 Å². The van der Waals surface area contributed by atoms with E-state index >= 15 is 0 Å². The highest BCUT2D eigenvalue weighted by atomic mass is 16.2. The van der Waals surface area contributed by atoms with Crippen LogP contribution in [0.5, 0.6) is 0 Å². The lowest BCUT2D eigenvalue weighted by Crippen LogP contribution is -2.39. The van der Waals surface area contributed by atoms with Gasteiger partial charge in [0.15, 0.2) is 0 Å². The molecule has 0 atom stereocenters. The zero-order valence-electron chi connectivity index (χ0n) is 11.7. The Kier molecular flexibility index (Phi) is 5.20. The molecule has 5 heteroatoms. The van der Waals surface area contributed by atoms with Crippen LogP contribution in [0.1, 0.15) is 40.9 Å². The number of hydrogen-bond acceptors (Lipinski definition) is 4. The van der Waals surface area contributed by atoms with Crippen LogP contribution in [0.2, 0.25) is 0 Å². The van der Waals surface area contributed by atoms with Gasteiger partial charge in [-0.1, -0.05) is 26.0 Å². The number of likely N-dealkylation sites (N-methyl/N-ethyl adjacent to an activating group) is 1. The number of hydrogen-bond donors (Lipinski definition) is 2. The van der Waals surface area contributed by atoms with Crippen LogP contribution in [-0.4, -0.2) is 23.7 Å². The molecule has 0 aliphatic rings. The molecule has 0 radical (unpaired) electrons. The van der Waals surface area contributed by atoms with Crippen molar-refractivity contribution in [2.45, 2.75) is 33.2 Å². The standard InChI is InChI=1S/C14H21N3O2/c1-4-10-6-9(8-15)7-11(5-2)12(10)13(18)14(19)17(3)16/h6-7H,4-5,8,15-16H2,1-3H3. The maximum absolute atomic E-state index is 12.2. The molecular weight excluding hydrogens is 242 g/mol. The SMILES string of the molecule is CCc1cc(CN)cc(CC)c1C(=O)C(=O)N(C)N. The first-order valence-electron chi connectivity index (χ1n) is 6.38. The van der Waals surface area contributed by atoms with E-state index in [4.69, 9.17) is 11.6 Å². The largest absolute Gasteiger partial charge is 0.326 e. The number of nitrogens with two attached hydrogens (primary N) is 2. The lowest BCUT2D eigenvalue weighted by atomic mass is 9.91. The summed E-state index contributed by atoms with van der Waals surface area (Å²) in [5.41, 5.74) is 8.79. The maximum Gasteiger partial charge on any atom is 0.308 e. The van der Waals surface area contributed by atoms with Gasteiger partial charge in [0.05, 0.1) is 0 Å². The first-order chi connectivity index (χ1) is 8.96. The van der Waals surface area contributed by atoms with Crippen molar-refractivity contribution in [1.29, 1.82) is 0 Å². The fraction of sp³-hybridized carbons (Fsp3) is 0.429. The zero-order valence-corrected chi connectivity index (χ0v) is 11.7. The summed E-state index contributed by atoms with van der Waals surface area (Å²) in [6.45, 7) is 4.31. The topological polar surface area (TPSA) is 89.4 Å². The first-order valence-corrected chi connectivity index (χ1v) is 6.38. The van der Waals surface area contributed by atoms with Crippen LogP contribution >= 0.6 is 0 Å². The molecule has 104 valence electrons. The average Bonchev–Trinajstić information content (AvgIpc) is 2.43. The second-order valence-corrected chi connectivity index (χ2v) is 4.45. The monoisotopic (exact) mass is 263 g/mol. The van der Waals surface area contributed by atoms with E-state index in [1.54, 1.807) is 0 Å². The summed E-state index contributed by atoms with van der Waals surface area (Å²) in [6, 6.07) is 3.77. The van der Waals surface area contributed by atoms with Gasteiger partial charge in [0.1, 0.15) is 0 Å². The number of amides is 1. The van der Waals surface area contributed by atoms with Crippen LogP contribution in [0.25, 0.3) is 0 Å². The maximum atomic E-state index is 12.2. The van der Waals surface area contributed by atoms with Gasteiger partial charge in [0.2, 0.25) is 0 Å². The normalized spacial score (nSPS) is 10.4. The summed E-state index contributed by atoms with van der Waals surface area (Å²) in [6.07, 6.45) is 1.34. The number of rotatable bonds is 5. The second-order valence-electron chi connectivity index (χ2n) is 4.45. The minimum absolute atomic E-state index is 0.416. The van der Waals surface area contributed by atoms with Gasteiger partial charge in [-0.3, -0.25) is 14.6 Å². The lowest BCUT2D eigenvalue weighted by Gasteiger charge is -2.16. The Bertz CT molecular complexity index is 470. The van der Waals surface area contributed by atoms with E-state index in [1.807, 2.05) is 26.0 Å². The smallest absolute Gasteiger partial charge is 0.308 e. The molecule has 5 nitrogen and oxygen atoms in total. The van der Waals surface area contributed by atoms with E-state index in [0.717, 1.165) is 21.7 Å². The van der Waals surface area contributed by atoms with Crippen molar-refractivity contribution in [2.24, 2.45) is 11.6 Å². The number of ketones is 1. The Morgan fingerprint density at radius 2 is 1.63 bits per heavy atom. The molecule has 0 saturated heterocycles. The highest BCUT2D eigenvalue weighted by molar-refractivity contribution is 6.43. The molecule has 1 rings (SSSR count). The van der Waals surface area contributed by atoms with E-state index in [9.17, 15) is 9.59 Å². The quantitative estimate of drug-likeness (QED) is 0.270. The average molecular weight is 263 g/mol. The number of carbonyl (C=O) groups excluding carboxylic acids is 2. The highest BCUT2D eigenvalue weighted by Crippen LogP contribution is 2.20. The molecule has 1 aromatic carbocycles. The Hall–Kier alpha value is -1.72. The zero-order chi connectivity index (χ0) is 14.6. The highest BCUT2D eigenvalue weighted by Gasteiger charge is 2.24. The molecule has 0 aliphatic heterocycles. The Morgan fingerprint density at radius 3 is 1.95 bits per heavy atom. The molecule has 0 aromatic heterocycles. The molecule has 1 aromatic rings. The van der Waals surface area contributed by atoms with Crippen LogP contribution in [0.15, 0.2) is 12.1 Å². The van der Waals surface area contributed by atoms with Crippen LogP contribution < -0.4 is 11.6 Å². The molecule has 1 amide bonds. The number of aryl methyl sites for hydroxylation is 2. The molecule has 0 fully saturated rings. The minimum atomic E-state index is -0.704. The van der Waals surface area contributed by atoms with Gasteiger partial charge >= 0.3 is 5.91 Å². The summed E-state index contributed by atoms with van der Waals surface area (Å²) in [4.78, 5) is 24.0. The Balaban J connectivity index is 3.40. The van der Waals surface area contributed by atoms with Crippen LogP contribution in [0.3, 0.4) is 0 Å². The number of benzene rings is 1. The van der Waals surface area contributed by atoms with Crippen molar-refractivity contribution in [3.8, 4) is 0 Å². The van der Waals surface area contributed by atoms with E-state index in [0.29, 0.717) is 24.9 Å². The number of hydrazine groups is 1. The fourth-order valence-corrected chi connectivity index (χ4v) is 2.07. The Labute approximate surface area is 113 Å². The molecule has 0 aliphatic carbocycles. The molecule has 0 saturated carbocycles. The fourth-order valence-electron chi connectivity index (χ4n) is 2.07. The van der Waals surface area contributed by atoms with E-state index in [2.05, 4.69) is 0 Å². The van der Waals surface area contributed by atoms with Crippen molar-refractivity contribution in [1.82, 2.24) is 5.01 Å². The van der Waals surface area contributed by atoms with Crippen molar-refractivity contribution in [3.05, 3.63) is 34.4 Å². The van der Waals surface area contributed by atoms with Crippen molar-refractivity contribution in [3.63, 3.8) is 0 Å². The molecular formula is C14H21N3O2. The van der Waals surface area contributed by atoms with E-state index in [-0.39, 0.29) is 0 Å². The number of nitrogens with zero attached hydrogens (tertiary/aromatic N) is 1. The van der Waals surface area contributed by atoms with E-state index in [1.165, 1.54) is 7.05 Å². The Morgan fingerprint density at radius 1 is 1.16 bits per heavy atom. The second kappa shape index (κ2) is 6.45. The summed E-state index contributed by atoms with van der Waals surface area (Å²) >= 11 is 0. The van der Waals surface area contributed by atoms with Crippen molar-refractivity contribution in [2.75, 3.05) is 7.05 Å². The predicted octanol–water partition coefficient (Wildman–Crippen LogP) is 0.785. The number of carbonyl (C=O) groups is 2. The van der Waals surface area contributed by atoms with Gasteiger partial charge in [-0.2, -0.15) is 0 Å². The third-order valence-electron chi connectivity index (χ3n) is 3.10. The molecule has 0 spiro atoms. The van der Waals surface area contributed by atoms with Gasteiger partial charge in [0, 0.05) is 19.2 Å². The molecule has 4 N–H and O–H groups in total. The summed E-state index contributed by atoms with van der Waals surface area (Å²) in [7, 11) is 1.37. The molecule has 0 bridgehead atoms. The van der Waals surface area contributed by atoms with Crippen LogP contribution in [0, 0.1) is 0 Å². The molecule has 19 heavy (non-hydrogen) atoms. The first kappa shape index (κ1) is 15.3. The van der Waals surface area contributed by atoms with Crippen LogP contribution in [-0.2, 0) is 24.2 Å². The minimum Gasteiger partial charge on any atom is -0.326 e. The third kappa shape index (κ3) is 3.19. The van der Waals surface area contributed by atoms with Gasteiger partial charge < -0.3 is 5.73 Å². The summed E-state index contributed by atoms with van der Waals surface area (Å²) in [5.74, 6) is 4.10. The lowest BCUT2D eigenvalue weighted by molar-refractivity contribution is -0.125. The summed E-state index contributed by atoms with van der Waals surface area (Å²) in [5, 5.41) is 0.818. The van der Waals surface area contributed by atoms with Gasteiger partial charge in [-0.25, -0.2) is 5.84 Å². The van der Waals surface area contributed by atoms with Gasteiger partial charge in [0.25, 0.3) is 5.78 Å². The molecule has 0 heterocycles.